The number of hydrogen-bond acceptors (Lipinski definition) is 5. The second kappa shape index (κ2) is 10.5. The molecule has 3 amide bonds. The Bertz CT molecular complexity index is 1320. The van der Waals surface area contributed by atoms with Gasteiger partial charge in [0.15, 0.2) is 0 Å². The molecule has 0 radical (unpaired) electrons. The summed E-state index contributed by atoms with van der Waals surface area (Å²) in [6.07, 6.45) is 0.874. The molecule has 196 valence electrons. The van der Waals surface area contributed by atoms with Crippen LogP contribution in [0.4, 0.5) is 15.8 Å². The van der Waals surface area contributed by atoms with E-state index >= 15 is 0 Å². The van der Waals surface area contributed by atoms with Crippen molar-refractivity contribution in [2.45, 2.75) is 18.4 Å². The van der Waals surface area contributed by atoms with E-state index in [0.717, 1.165) is 5.69 Å². The highest BCUT2D eigenvalue weighted by Gasteiger charge is 2.54. The van der Waals surface area contributed by atoms with Gasteiger partial charge in [-0.05, 0) is 67.4 Å². The number of nitrogens with zero attached hydrogens (tertiary/aromatic N) is 3. The lowest BCUT2D eigenvalue weighted by Gasteiger charge is -2.43. The van der Waals surface area contributed by atoms with Crippen LogP contribution in [-0.2, 0) is 9.59 Å². The van der Waals surface area contributed by atoms with Crippen molar-refractivity contribution >= 4 is 29.1 Å². The van der Waals surface area contributed by atoms with Crippen LogP contribution in [0.1, 0.15) is 23.2 Å². The average molecular weight is 517 g/mol. The third-order valence-corrected chi connectivity index (χ3v) is 7.24. The molecule has 0 unspecified atom stereocenters. The number of amides is 3. The highest BCUT2D eigenvalue weighted by molar-refractivity contribution is 6.00. The normalized spacial score (nSPS) is 16.6. The monoisotopic (exact) mass is 516 g/mol. The van der Waals surface area contributed by atoms with E-state index in [0.29, 0.717) is 42.9 Å². The summed E-state index contributed by atoms with van der Waals surface area (Å²) in [5.74, 6) is -0.384. The van der Waals surface area contributed by atoms with Crippen LogP contribution in [0, 0.1) is 5.82 Å². The van der Waals surface area contributed by atoms with Crippen molar-refractivity contribution in [1.82, 2.24) is 9.80 Å². The summed E-state index contributed by atoms with van der Waals surface area (Å²) in [5, 5.41) is 2.73. The van der Waals surface area contributed by atoms with Crippen LogP contribution in [0.5, 0.6) is 5.75 Å². The van der Waals surface area contributed by atoms with Gasteiger partial charge in [-0.25, -0.2) is 4.39 Å². The lowest BCUT2D eigenvalue weighted by Crippen LogP contribution is -2.57. The van der Waals surface area contributed by atoms with Crippen molar-refractivity contribution < 1.29 is 23.5 Å². The summed E-state index contributed by atoms with van der Waals surface area (Å²) < 4.78 is 18.5. The highest BCUT2D eigenvalue weighted by Crippen LogP contribution is 2.39. The average Bonchev–Trinajstić information content (AvgIpc) is 3.21. The first-order valence-corrected chi connectivity index (χ1v) is 12.5. The molecule has 5 rings (SSSR count). The quantitative estimate of drug-likeness (QED) is 0.540. The number of rotatable bonds is 6. The number of benzene rings is 3. The number of likely N-dealkylation sites (tertiary alicyclic amines) is 1. The van der Waals surface area contributed by atoms with Crippen molar-refractivity contribution in [1.29, 1.82) is 0 Å². The number of piperidine rings is 1. The SMILES string of the molecule is COc1cccc(C(=O)N2CCC3(CC2)C(=O)N(CC(=O)Nc2ccc(F)cc2)CN3c2ccccc2)c1. The topological polar surface area (TPSA) is 82.2 Å². The van der Waals surface area contributed by atoms with Crippen molar-refractivity contribution in [3.05, 3.63) is 90.2 Å². The summed E-state index contributed by atoms with van der Waals surface area (Å²) in [6, 6.07) is 22.2. The number of para-hydroxylation sites is 1. The molecule has 8 nitrogen and oxygen atoms in total. The maximum Gasteiger partial charge on any atom is 0.253 e. The molecule has 0 aliphatic carbocycles. The lowest BCUT2D eigenvalue weighted by atomic mass is 9.85. The van der Waals surface area contributed by atoms with Crippen LogP contribution in [-0.4, -0.2) is 66.5 Å². The Labute approximate surface area is 220 Å². The van der Waals surface area contributed by atoms with E-state index in [4.69, 9.17) is 4.74 Å². The van der Waals surface area contributed by atoms with Gasteiger partial charge in [-0.1, -0.05) is 24.3 Å². The van der Waals surface area contributed by atoms with Gasteiger partial charge in [-0.3, -0.25) is 14.4 Å². The van der Waals surface area contributed by atoms with Gasteiger partial charge in [0.05, 0.1) is 13.8 Å². The van der Waals surface area contributed by atoms with Crippen molar-refractivity contribution in [2.75, 3.05) is 43.6 Å². The van der Waals surface area contributed by atoms with Gasteiger partial charge in [-0.2, -0.15) is 0 Å². The van der Waals surface area contributed by atoms with E-state index in [1.54, 1.807) is 41.2 Å². The Hall–Kier alpha value is -4.40. The summed E-state index contributed by atoms with van der Waals surface area (Å²) in [7, 11) is 1.56. The molecule has 0 aromatic heterocycles. The molecule has 1 N–H and O–H groups in total. The maximum atomic E-state index is 13.9. The van der Waals surface area contributed by atoms with E-state index in [2.05, 4.69) is 5.32 Å². The van der Waals surface area contributed by atoms with E-state index in [-0.39, 0.29) is 30.9 Å². The minimum absolute atomic E-state index is 0.106. The van der Waals surface area contributed by atoms with Crippen LogP contribution in [0.25, 0.3) is 0 Å². The fourth-order valence-electron chi connectivity index (χ4n) is 5.25. The second-order valence-electron chi connectivity index (χ2n) is 9.52. The number of ether oxygens (including phenoxy) is 1. The molecular weight excluding hydrogens is 487 g/mol. The van der Waals surface area contributed by atoms with Gasteiger partial charge in [0.1, 0.15) is 23.7 Å². The molecule has 2 saturated heterocycles. The Morgan fingerprint density at radius 2 is 1.68 bits per heavy atom. The van der Waals surface area contributed by atoms with Gasteiger partial charge in [0, 0.05) is 30.0 Å². The zero-order chi connectivity index (χ0) is 26.7. The summed E-state index contributed by atoms with van der Waals surface area (Å²) in [6.45, 7) is 0.929. The van der Waals surface area contributed by atoms with Crippen LogP contribution >= 0.6 is 0 Å². The van der Waals surface area contributed by atoms with E-state index in [1.807, 2.05) is 35.2 Å². The molecule has 2 heterocycles. The zero-order valence-electron chi connectivity index (χ0n) is 21.1. The molecule has 3 aromatic carbocycles. The first kappa shape index (κ1) is 25.3. The molecule has 0 atom stereocenters. The number of anilines is 2. The van der Waals surface area contributed by atoms with Gasteiger partial charge < -0.3 is 24.8 Å². The largest absolute Gasteiger partial charge is 0.497 e. The first-order valence-electron chi connectivity index (χ1n) is 12.5. The fourth-order valence-corrected chi connectivity index (χ4v) is 5.25. The molecule has 2 fully saturated rings. The minimum atomic E-state index is -0.858. The fraction of sp³-hybridized carbons (Fsp3) is 0.276. The molecule has 0 saturated carbocycles. The minimum Gasteiger partial charge on any atom is -0.497 e. The van der Waals surface area contributed by atoms with Gasteiger partial charge in [-0.15, -0.1) is 0 Å². The van der Waals surface area contributed by atoms with Crippen molar-refractivity contribution in [2.24, 2.45) is 0 Å². The predicted octanol–water partition coefficient (Wildman–Crippen LogP) is 3.75. The molecule has 0 bridgehead atoms. The summed E-state index contributed by atoms with van der Waals surface area (Å²) in [4.78, 5) is 45.2. The molecule has 38 heavy (non-hydrogen) atoms. The Morgan fingerprint density at radius 3 is 2.37 bits per heavy atom. The highest BCUT2D eigenvalue weighted by atomic mass is 19.1. The maximum absolute atomic E-state index is 13.9. The standard InChI is InChI=1S/C29H29FN4O4/c1-38-25-9-5-6-21(18-25)27(36)32-16-14-29(15-17-32)28(37)33(20-34(29)24-7-3-2-4-8-24)19-26(35)31-23-12-10-22(30)11-13-23/h2-13,18H,14-17,19-20H2,1H3,(H,31,35). The molecule has 1 spiro atoms. The molecular formula is C29H29FN4O4. The van der Waals surface area contributed by atoms with Gasteiger partial charge in [0.25, 0.3) is 11.8 Å². The molecule has 9 heteroatoms. The van der Waals surface area contributed by atoms with E-state index in [1.165, 1.54) is 24.3 Å². The van der Waals surface area contributed by atoms with Crippen molar-refractivity contribution in [3.8, 4) is 5.75 Å². The summed E-state index contributed by atoms with van der Waals surface area (Å²) >= 11 is 0. The second-order valence-corrected chi connectivity index (χ2v) is 9.52. The Morgan fingerprint density at radius 1 is 0.974 bits per heavy atom. The van der Waals surface area contributed by atoms with E-state index in [9.17, 15) is 18.8 Å². The third-order valence-electron chi connectivity index (χ3n) is 7.24. The first-order chi connectivity index (χ1) is 18.4. The predicted molar refractivity (Wildman–Crippen MR) is 141 cm³/mol. The number of hydrogen-bond donors (Lipinski definition) is 1. The van der Waals surface area contributed by atoms with Crippen LogP contribution in [0.2, 0.25) is 0 Å². The number of methoxy groups -OCH3 is 1. The molecule has 2 aliphatic rings. The van der Waals surface area contributed by atoms with Gasteiger partial charge >= 0.3 is 0 Å². The van der Waals surface area contributed by atoms with E-state index < -0.39 is 11.4 Å². The Kier molecular flexibility index (Phi) is 7.00. The summed E-state index contributed by atoms with van der Waals surface area (Å²) in [5.41, 5.74) is 1.02. The number of nitrogens with one attached hydrogen (secondary N) is 1. The molecule has 2 aliphatic heterocycles. The third kappa shape index (κ3) is 4.91. The van der Waals surface area contributed by atoms with Gasteiger partial charge in [0.2, 0.25) is 5.91 Å². The van der Waals surface area contributed by atoms with Crippen molar-refractivity contribution in [3.63, 3.8) is 0 Å². The van der Waals surface area contributed by atoms with Crippen LogP contribution < -0.4 is 15.0 Å². The van der Waals surface area contributed by atoms with Crippen LogP contribution in [0.3, 0.4) is 0 Å². The van der Waals surface area contributed by atoms with Crippen LogP contribution in [0.15, 0.2) is 78.9 Å². The number of carbonyl (C=O) groups is 3. The Balaban J connectivity index is 1.33. The number of halogens is 1. The molecule has 3 aromatic rings. The number of carbonyl (C=O) groups excluding carboxylic acids is 3. The smallest absolute Gasteiger partial charge is 0.253 e. The lowest BCUT2D eigenvalue weighted by molar-refractivity contribution is -0.136. The zero-order valence-corrected chi connectivity index (χ0v) is 21.1.